The van der Waals surface area contributed by atoms with Crippen LogP contribution in [0.5, 0.6) is 0 Å². The maximum Gasteiger partial charge on any atom is 0.264 e. The van der Waals surface area contributed by atoms with Gasteiger partial charge in [-0.2, -0.15) is 11.8 Å². The maximum atomic E-state index is 13.9. The summed E-state index contributed by atoms with van der Waals surface area (Å²) in [7, 11) is -4.01. The summed E-state index contributed by atoms with van der Waals surface area (Å²) >= 11 is 13.3. The molecular formula is C24H23Cl2FN2O3S2. The Morgan fingerprint density at radius 2 is 1.71 bits per heavy atom. The zero-order valence-corrected chi connectivity index (χ0v) is 21.4. The average molecular weight is 541 g/mol. The molecule has 0 aliphatic rings. The molecule has 0 radical (unpaired) electrons. The zero-order valence-electron chi connectivity index (χ0n) is 18.3. The molecule has 0 saturated carbocycles. The molecule has 0 aliphatic carbocycles. The molecule has 0 bridgehead atoms. The van der Waals surface area contributed by atoms with Gasteiger partial charge in [0.25, 0.3) is 10.0 Å². The second-order valence-electron chi connectivity index (χ2n) is 7.40. The highest BCUT2D eigenvalue weighted by Gasteiger charge is 2.27. The van der Waals surface area contributed by atoms with Crippen molar-refractivity contribution < 1.29 is 17.6 Å². The van der Waals surface area contributed by atoms with Crippen molar-refractivity contribution in [3.8, 4) is 0 Å². The van der Waals surface area contributed by atoms with Gasteiger partial charge in [-0.1, -0.05) is 47.0 Å². The highest BCUT2D eigenvalue weighted by Crippen LogP contribution is 2.26. The van der Waals surface area contributed by atoms with E-state index in [0.717, 1.165) is 9.87 Å². The molecule has 0 spiro atoms. The van der Waals surface area contributed by atoms with E-state index in [4.69, 9.17) is 23.2 Å². The van der Waals surface area contributed by atoms with Crippen LogP contribution in [0.4, 0.5) is 10.1 Å². The van der Waals surface area contributed by atoms with Gasteiger partial charge in [0.05, 0.1) is 10.6 Å². The van der Waals surface area contributed by atoms with Gasteiger partial charge in [0.1, 0.15) is 12.4 Å². The zero-order chi connectivity index (χ0) is 24.7. The first-order chi connectivity index (χ1) is 16.2. The third-order valence-electron chi connectivity index (χ3n) is 4.89. The van der Waals surface area contributed by atoms with Crippen LogP contribution in [0, 0.1) is 12.7 Å². The highest BCUT2D eigenvalue weighted by atomic mass is 35.5. The van der Waals surface area contributed by atoms with Gasteiger partial charge in [0.15, 0.2) is 0 Å². The molecule has 3 aromatic carbocycles. The number of thioether (sulfide) groups is 1. The Labute approximate surface area is 213 Å². The van der Waals surface area contributed by atoms with Crippen molar-refractivity contribution in [2.24, 2.45) is 0 Å². The molecule has 0 fully saturated rings. The predicted molar refractivity (Wildman–Crippen MR) is 138 cm³/mol. The number of anilines is 1. The minimum Gasteiger partial charge on any atom is -0.354 e. The number of benzene rings is 3. The molecule has 34 heavy (non-hydrogen) atoms. The van der Waals surface area contributed by atoms with Crippen molar-refractivity contribution in [2.45, 2.75) is 17.6 Å². The number of hydrogen-bond acceptors (Lipinski definition) is 4. The summed E-state index contributed by atoms with van der Waals surface area (Å²) in [5.41, 5.74) is 1.75. The number of sulfonamides is 1. The number of nitrogens with one attached hydrogen (secondary N) is 1. The van der Waals surface area contributed by atoms with Crippen LogP contribution in [0.1, 0.15) is 11.1 Å². The van der Waals surface area contributed by atoms with Crippen LogP contribution in [-0.2, 0) is 20.6 Å². The molecule has 0 unspecified atom stereocenters. The molecule has 5 nitrogen and oxygen atoms in total. The van der Waals surface area contributed by atoms with Crippen molar-refractivity contribution >= 4 is 56.6 Å². The first-order valence-corrected chi connectivity index (χ1v) is 13.7. The Kier molecular flexibility index (Phi) is 9.24. The van der Waals surface area contributed by atoms with Gasteiger partial charge in [-0.25, -0.2) is 12.8 Å². The second kappa shape index (κ2) is 11.9. The Morgan fingerprint density at radius 3 is 2.35 bits per heavy atom. The van der Waals surface area contributed by atoms with Gasteiger partial charge in [-0.15, -0.1) is 0 Å². The van der Waals surface area contributed by atoms with Crippen LogP contribution in [0.25, 0.3) is 0 Å². The summed E-state index contributed by atoms with van der Waals surface area (Å²) in [5.74, 6) is 0.0416. The summed E-state index contributed by atoms with van der Waals surface area (Å²) in [6.45, 7) is 1.79. The fraction of sp³-hybridized carbons (Fsp3) is 0.208. The van der Waals surface area contributed by atoms with Gasteiger partial charge in [-0.3, -0.25) is 9.10 Å². The van der Waals surface area contributed by atoms with Gasteiger partial charge in [-0.05, 0) is 55.5 Å². The number of halogens is 3. The van der Waals surface area contributed by atoms with E-state index in [9.17, 15) is 17.6 Å². The van der Waals surface area contributed by atoms with Crippen molar-refractivity contribution in [3.05, 3.63) is 93.7 Å². The second-order valence-corrected chi connectivity index (χ2v) is 11.2. The van der Waals surface area contributed by atoms with Crippen molar-refractivity contribution in [3.63, 3.8) is 0 Å². The van der Waals surface area contributed by atoms with Gasteiger partial charge in [0, 0.05) is 33.7 Å². The van der Waals surface area contributed by atoms with E-state index >= 15 is 0 Å². The molecule has 1 N–H and O–H groups in total. The van der Waals surface area contributed by atoms with Gasteiger partial charge >= 0.3 is 0 Å². The molecule has 0 heterocycles. The largest absolute Gasteiger partial charge is 0.354 e. The minimum atomic E-state index is -4.01. The van der Waals surface area contributed by atoms with Crippen LogP contribution in [0.15, 0.2) is 71.6 Å². The van der Waals surface area contributed by atoms with E-state index in [0.29, 0.717) is 32.8 Å². The van der Waals surface area contributed by atoms with Gasteiger partial charge in [0.2, 0.25) is 5.91 Å². The number of hydrogen-bond donors (Lipinski definition) is 1. The number of amides is 1. The molecular weight excluding hydrogens is 518 g/mol. The maximum absolute atomic E-state index is 13.9. The summed E-state index contributed by atoms with van der Waals surface area (Å²) in [6.07, 6.45) is 0. The van der Waals surface area contributed by atoms with Crippen LogP contribution in [0.2, 0.25) is 10.0 Å². The van der Waals surface area contributed by atoms with E-state index in [2.05, 4.69) is 5.32 Å². The summed E-state index contributed by atoms with van der Waals surface area (Å²) in [4.78, 5) is 12.7. The van der Waals surface area contributed by atoms with E-state index < -0.39 is 22.5 Å². The molecule has 0 saturated heterocycles. The third-order valence-corrected chi connectivity index (χ3v) is 8.27. The Bertz CT molecular complexity index is 1220. The molecule has 1 amide bonds. The van der Waals surface area contributed by atoms with Crippen molar-refractivity contribution in [1.29, 1.82) is 0 Å². The van der Waals surface area contributed by atoms with Crippen LogP contribution in [-0.4, -0.2) is 33.2 Å². The fourth-order valence-electron chi connectivity index (χ4n) is 3.05. The molecule has 0 aliphatic heterocycles. The average Bonchev–Trinajstić information content (AvgIpc) is 2.80. The molecule has 10 heteroatoms. The lowest BCUT2D eigenvalue weighted by Crippen LogP contribution is -2.41. The number of nitrogens with zero attached hydrogens (tertiary/aromatic N) is 1. The van der Waals surface area contributed by atoms with Crippen LogP contribution >= 0.6 is 35.0 Å². The lowest BCUT2D eigenvalue weighted by Gasteiger charge is -2.24. The molecule has 0 aromatic heterocycles. The Balaban J connectivity index is 1.64. The summed E-state index contributed by atoms with van der Waals surface area (Å²) in [6, 6.07) is 17.2. The highest BCUT2D eigenvalue weighted by molar-refractivity contribution is 7.98. The van der Waals surface area contributed by atoms with Crippen molar-refractivity contribution in [1.82, 2.24) is 5.32 Å². The lowest BCUT2D eigenvalue weighted by atomic mass is 10.2. The first-order valence-electron chi connectivity index (χ1n) is 10.3. The summed E-state index contributed by atoms with van der Waals surface area (Å²) < 4.78 is 41.5. The lowest BCUT2D eigenvalue weighted by molar-refractivity contribution is -0.119. The van der Waals surface area contributed by atoms with E-state index in [1.807, 2.05) is 6.92 Å². The molecule has 3 aromatic rings. The van der Waals surface area contributed by atoms with Crippen molar-refractivity contribution in [2.75, 3.05) is 23.1 Å². The SMILES string of the molecule is Cc1ccc(N(CC(=O)NCCSCc2c(F)cccc2Cl)S(=O)(=O)c2ccc(Cl)cc2)cc1. The number of aryl methyl sites for hydroxylation is 1. The van der Waals surface area contributed by atoms with E-state index in [1.165, 1.54) is 42.1 Å². The monoisotopic (exact) mass is 540 g/mol. The molecule has 3 rings (SSSR count). The molecule has 180 valence electrons. The van der Waals surface area contributed by atoms with Crippen LogP contribution in [0.3, 0.4) is 0 Å². The van der Waals surface area contributed by atoms with Gasteiger partial charge < -0.3 is 5.32 Å². The predicted octanol–water partition coefficient (Wildman–Crippen LogP) is 5.69. The standard InChI is InChI=1S/C24H23Cl2FN2O3S2/c1-17-5-9-19(10-6-17)29(34(31,32)20-11-7-18(25)8-12-20)15-24(30)28-13-14-33-16-21-22(26)3-2-4-23(21)27/h2-12H,13-16H2,1H3,(H,28,30). The quantitative estimate of drug-likeness (QED) is 0.335. The topological polar surface area (TPSA) is 66.5 Å². The third kappa shape index (κ3) is 6.88. The van der Waals surface area contributed by atoms with E-state index in [1.54, 1.807) is 36.4 Å². The fourth-order valence-corrected chi connectivity index (χ4v) is 5.80. The van der Waals surface area contributed by atoms with Crippen LogP contribution < -0.4 is 9.62 Å². The number of carbonyl (C=O) groups excluding carboxylic acids is 1. The number of rotatable bonds is 10. The molecule has 0 atom stereocenters. The first kappa shape index (κ1) is 26.3. The number of carbonyl (C=O) groups is 1. The van der Waals surface area contributed by atoms with E-state index in [-0.39, 0.29) is 17.3 Å². The minimum absolute atomic E-state index is 0.0302. The Hall–Kier alpha value is -2.26. The Morgan fingerprint density at radius 1 is 1.03 bits per heavy atom. The smallest absolute Gasteiger partial charge is 0.264 e. The normalized spacial score (nSPS) is 11.3. The summed E-state index contributed by atoms with van der Waals surface area (Å²) in [5, 5.41) is 3.50.